The van der Waals surface area contributed by atoms with Crippen LogP contribution in [0.4, 0.5) is 0 Å². The van der Waals surface area contributed by atoms with E-state index in [1.54, 1.807) is 0 Å². The molecule has 1 heteroatoms. The first kappa shape index (κ1) is 11.2. The second-order valence-electron chi connectivity index (χ2n) is 4.44. The van der Waals surface area contributed by atoms with Gasteiger partial charge >= 0.3 is 0 Å². The fourth-order valence-corrected chi connectivity index (χ4v) is 1.69. The molecule has 78 valence electrons. The average molecular weight is 191 g/mol. The second-order valence-corrected chi connectivity index (χ2v) is 4.44. The Morgan fingerprint density at radius 1 is 1.36 bits per heavy atom. The van der Waals surface area contributed by atoms with Gasteiger partial charge in [0.1, 0.15) is 0 Å². The number of piperidine rings is 1. The molecule has 0 aliphatic carbocycles. The van der Waals surface area contributed by atoms with Crippen molar-refractivity contribution in [2.24, 2.45) is 11.8 Å². The maximum absolute atomic E-state index is 3.97. The van der Waals surface area contributed by atoms with Crippen LogP contribution >= 0.6 is 0 Å². The van der Waals surface area contributed by atoms with Gasteiger partial charge in [-0.1, -0.05) is 26.3 Å². The predicted octanol–water partition coefficient (Wildman–Crippen LogP) is 2.89. The Balaban J connectivity index is 2.37. The fourth-order valence-electron chi connectivity index (χ4n) is 1.69. The molecule has 1 nitrogen and oxygen atoms in total. The van der Waals surface area contributed by atoms with E-state index in [1.165, 1.54) is 18.5 Å². The minimum Gasteiger partial charge on any atom is -0.375 e. The van der Waals surface area contributed by atoms with Crippen molar-refractivity contribution in [1.82, 2.24) is 4.90 Å². The van der Waals surface area contributed by atoms with Crippen molar-refractivity contribution in [3.63, 3.8) is 0 Å². The van der Waals surface area contributed by atoms with Crippen LogP contribution in [0, 0.1) is 23.7 Å². The van der Waals surface area contributed by atoms with Gasteiger partial charge in [0.15, 0.2) is 0 Å². The molecule has 0 amide bonds. The molecule has 0 aromatic rings. The first-order valence-electron chi connectivity index (χ1n) is 5.51. The molecule has 1 aliphatic heterocycles. The third-order valence-electron chi connectivity index (χ3n) is 2.61. The van der Waals surface area contributed by atoms with Gasteiger partial charge in [-0.05, 0) is 19.8 Å². The fraction of sp³-hybridized carbons (Fsp3) is 0.692. The third-order valence-corrected chi connectivity index (χ3v) is 2.61. The van der Waals surface area contributed by atoms with E-state index in [0.29, 0.717) is 11.8 Å². The Kier molecular flexibility index (Phi) is 4.07. The van der Waals surface area contributed by atoms with Crippen LogP contribution in [-0.4, -0.2) is 18.0 Å². The van der Waals surface area contributed by atoms with Gasteiger partial charge in [0.05, 0.1) is 0 Å². The molecule has 0 radical (unpaired) electrons. The highest BCUT2D eigenvalue weighted by molar-refractivity contribution is 5.07. The molecule has 0 N–H and O–H groups in total. The summed E-state index contributed by atoms with van der Waals surface area (Å²) in [5.41, 5.74) is 1.19. The molecule has 0 unspecified atom stereocenters. The molecule has 1 rings (SSSR count). The SMILES string of the molecule is C=C(C)N1CCC(C#CC(C)C)CC1. The number of allylic oxidation sites excluding steroid dienone is 1. The molecule has 0 aromatic carbocycles. The number of hydrogen-bond acceptors (Lipinski definition) is 1. The molecule has 0 aromatic heterocycles. The minimum absolute atomic E-state index is 0.508. The van der Waals surface area contributed by atoms with Crippen LogP contribution in [0.15, 0.2) is 12.3 Å². The van der Waals surface area contributed by atoms with Crippen molar-refractivity contribution in [1.29, 1.82) is 0 Å². The molecular weight excluding hydrogens is 170 g/mol. The van der Waals surface area contributed by atoms with Crippen molar-refractivity contribution in [3.8, 4) is 11.8 Å². The van der Waals surface area contributed by atoms with Crippen molar-refractivity contribution >= 4 is 0 Å². The van der Waals surface area contributed by atoms with Gasteiger partial charge in [0.2, 0.25) is 0 Å². The lowest BCUT2D eigenvalue weighted by Crippen LogP contribution is -2.31. The number of rotatable bonds is 1. The zero-order valence-corrected chi connectivity index (χ0v) is 9.64. The molecule has 0 atom stereocenters. The topological polar surface area (TPSA) is 3.24 Å². The van der Waals surface area contributed by atoms with Crippen molar-refractivity contribution in [3.05, 3.63) is 12.3 Å². The summed E-state index contributed by atoms with van der Waals surface area (Å²) in [5, 5.41) is 0. The zero-order valence-electron chi connectivity index (χ0n) is 9.64. The maximum Gasteiger partial charge on any atom is 0.0236 e. The normalized spacial score (nSPS) is 17.9. The first-order valence-corrected chi connectivity index (χ1v) is 5.51. The van der Waals surface area contributed by atoms with Gasteiger partial charge in [0, 0.05) is 30.6 Å². The van der Waals surface area contributed by atoms with Crippen LogP contribution in [0.25, 0.3) is 0 Å². The van der Waals surface area contributed by atoms with E-state index in [1.807, 2.05) is 0 Å². The lowest BCUT2D eigenvalue weighted by Gasteiger charge is -2.31. The molecule has 0 bridgehead atoms. The van der Waals surface area contributed by atoms with Gasteiger partial charge < -0.3 is 4.90 Å². The average Bonchev–Trinajstić information content (AvgIpc) is 2.15. The predicted molar refractivity (Wildman–Crippen MR) is 61.7 cm³/mol. The van der Waals surface area contributed by atoms with Crippen LogP contribution in [0.2, 0.25) is 0 Å². The van der Waals surface area contributed by atoms with Crippen LogP contribution in [0.1, 0.15) is 33.6 Å². The lowest BCUT2D eigenvalue weighted by atomic mass is 9.96. The number of nitrogens with zero attached hydrogens (tertiary/aromatic N) is 1. The largest absolute Gasteiger partial charge is 0.375 e. The minimum atomic E-state index is 0.508. The maximum atomic E-state index is 3.97. The summed E-state index contributed by atoms with van der Waals surface area (Å²) in [6, 6.07) is 0. The van der Waals surface area contributed by atoms with E-state index < -0.39 is 0 Å². The standard InChI is InChI=1S/C13H21N/c1-11(2)5-6-13-7-9-14(10-8-13)12(3)4/h11,13H,3,7-10H2,1-2,4H3. The summed E-state index contributed by atoms with van der Waals surface area (Å²) in [7, 11) is 0. The van der Waals surface area contributed by atoms with Gasteiger partial charge in [-0.3, -0.25) is 0 Å². The van der Waals surface area contributed by atoms with Crippen molar-refractivity contribution in [2.75, 3.05) is 13.1 Å². The molecule has 0 saturated carbocycles. The molecule has 1 saturated heterocycles. The van der Waals surface area contributed by atoms with Crippen LogP contribution in [-0.2, 0) is 0 Å². The Morgan fingerprint density at radius 3 is 2.36 bits per heavy atom. The van der Waals surface area contributed by atoms with Gasteiger partial charge in [0.25, 0.3) is 0 Å². The Labute approximate surface area is 88.2 Å². The summed E-state index contributed by atoms with van der Waals surface area (Å²) in [4.78, 5) is 2.35. The summed E-state index contributed by atoms with van der Waals surface area (Å²) in [6.07, 6.45) is 2.40. The number of likely N-dealkylation sites (tertiary alicyclic amines) is 1. The highest BCUT2D eigenvalue weighted by Crippen LogP contribution is 2.18. The first-order chi connectivity index (χ1) is 6.59. The second kappa shape index (κ2) is 5.10. The summed E-state index contributed by atoms with van der Waals surface area (Å²) >= 11 is 0. The van der Waals surface area contributed by atoms with E-state index in [0.717, 1.165) is 13.1 Å². The Hall–Kier alpha value is -0.900. The van der Waals surface area contributed by atoms with Crippen LogP contribution < -0.4 is 0 Å². The monoisotopic (exact) mass is 191 g/mol. The highest BCUT2D eigenvalue weighted by atomic mass is 15.1. The van der Waals surface area contributed by atoms with E-state index >= 15 is 0 Å². The van der Waals surface area contributed by atoms with Crippen LogP contribution in [0.3, 0.4) is 0 Å². The third kappa shape index (κ3) is 3.46. The van der Waals surface area contributed by atoms with Gasteiger partial charge in [-0.15, -0.1) is 5.92 Å². The zero-order chi connectivity index (χ0) is 10.6. The highest BCUT2D eigenvalue weighted by Gasteiger charge is 2.16. The smallest absolute Gasteiger partial charge is 0.0236 e. The van der Waals surface area contributed by atoms with E-state index in [2.05, 4.69) is 44.1 Å². The summed E-state index contributed by atoms with van der Waals surface area (Å²) < 4.78 is 0. The van der Waals surface area contributed by atoms with Gasteiger partial charge in [-0.25, -0.2) is 0 Å². The van der Waals surface area contributed by atoms with E-state index in [9.17, 15) is 0 Å². The Bertz CT molecular complexity index is 246. The molecule has 1 aliphatic rings. The molecule has 0 spiro atoms. The van der Waals surface area contributed by atoms with Crippen molar-refractivity contribution < 1.29 is 0 Å². The lowest BCUT2D eigenvalue weighted by molar-refractivity contribution is 0.257. The van der Waals surface area contributed by atoms with Gasteiger partial charge in [-0.2, -0.15) is 0 Å². The molecule has 1 fully saturated rings. The molecular formula is C13H21N. The quantitative estimate of drug-likeness (QED) is 0.576. The molecule has 1 heterocycles. The van der Waals surface area contributed by atoms with Crippen molar-refractivity contribution in [2.45, 2.75) is 33.6 Å². The summed E-state index contributed by atoms with van der Waals surface area (Å²) in [5.74, 6) is 7.77. The summed E-state index contributed by atoms with van der Waals surface area (Å²) in [6.45, 7) is 12.6. The van der Waals surface area contributed by atoms with E-state index in [4.69, 9.17) is 0 Å². The Morgan fingerprint density at radius 2 is 1.93 bits per heavy atom. The molecule has 14 heavy (non-hydrogen) atoms. The van der Waals surface area contributed by atoms with Crippen LogP contribution in [0.5, 0.6) is 0 Å². The number of hydrogen-bond donors (Lipinski definition) is 0. The van der Waals surface area contributed by atoms with E-state index in [-0.39, 0.29) is 0 Å².